The lowest BCUT2D eigenvalue weighted by atomic mass is 9.96. The van der Waals surface area contributed by atoms with Gasteiger partial charge in [0.15, 0.2) is 0 Å². The molecule has 1 aliphatic rings. The van der Waals surface area contributed by atoms with Crippen molar-refractivity contribution < 1.29 is 14.6 Å². The van der Waals surface area contributed by atoms with Crippen LogP contribution < -0.4 is 10.1 Å². The number of carbonyl (C=O) groups is 1. The molecule has 1 heterocycles. The predicted octanol–water partition coefficient (Wildman–Crippen LogP) is 2.58. The molecule has 0 radical (unpaired) electrons. The highest BCUT2D eigenvalue weighted by atomic mass is 16.5. The number of hydrogen-bond acceptors (Lipinski definition) is 3. The van der Waals surface area contributed by atoms with Crippen LogP contribution in [0.1, 0.15) is 5.56 Å². The molecule has 4 heteroatoms. The van der Waals surface area contributed by atoms with Gasteiger partial charge in [-0.1, -0.05) is 24.3 Å². The van der Waals surface area contributed by atoms with Gasteiger partial charge in [0.05, 0.1) is 5.92 Å². The number of phenols is 1. The zero-order valence-electron chi connectivity index (χ0n) is 10.9. The summed E-state index contributed by atoms with van der Waals surface area (Å²) in [6.07, 6.45) is 0.667. The summed E-state index contributed by atoms with van der Waals surface area (Å²) in [4.78, 5) is 12.2. The second-order valence-electron chi connectivity index (χ2n) is 4.86. The van der Waals surface area contributed by atoms with Crippen LogP contribution in [0, 0.1) is 5.92 Å². The predicted molar refractivity (Wildman–Crippen MR) is 75.9 cm³/mol. The number of aromatic hydroxyl groups is 1. The monoisotopic (exact) mass is 269 g/mol. The summed E-state index contributed by atoms with van der Waals surface area (Å²) in [6.45, 7) is 0.377. The van der Waals surface area contributed by atoms with Crippen molar-refractivity contribution in [1.29, 1.82) is 0 Å². The van der Waals surface area contributed by atoms with Crippen molar-refractivity contribution in [1.82, 2.24) is 0 Å². The molecule has 20 heavy (non-hydrogen) atoms. The first-order valence-corrected chi connectivity index (χ1v) is 6.53. The second kappa shape index (κ2) is 5.25. The molecule has 0 spiro atoms. The summed E-state index contributed by atoms with van der Waals surface area (Å²) in [5, 5.41) is 12.2. The molecule has 2 N–H and O–H groups in total. The number of phenolic OH excluding ortho intramolecular Hbond substituents is 1. The standard InChI is InChI=1S/C16H15NO3/c18-14-6-3-5-13(9-14)17-16(19)12-8-11-4-1-2-7-15(11)20-10-12/h1-7,9,12,18H,8,10H2,(H,17,19). The van der Waals surface area contributed by atoms with Gasteiger partial charge in [-0.2, -0.15) is 0 Å². The zero-order valence-corrected chi connectivity index (χ0v) is 10.9. The van der Waals surface area contributed by atoms with Gasteiger partial charge in [0.25, 0.3) is 0 Å². The Morgan fingerprint density at radius 1 is 1.20 bits per heavy atom. The number of benzene rings is 2. The minimum atomic E-state index is -0.216. The molecular formula is C16H15NO3. The number of rotatable bonds is 2. The van der Waals surface area contributed by atoms with Crippen LogP contribution in [0.4, 0.5) is 5.69 Å². The summed E-state index contributed by atoms with van der Waals surface area (Å²) in [6, 6.07) is 14.3. The SMILES string of the molecule is O=C(Nc1cccc(O)c1)C1COc2ccccc2C1. The highest BCUT2D eigenvalue weighted by Gasteiger charge is 2.25. The molecule has 2 aromatic rings. The van der Waals surface area contributed by atoms with E-state index in [2.05, 4.69) is 5.32 Å². The van der Waals surface area contributed by atoms with Gasteiger partial charge >= 0.3 is 0 Å². The van der Waals surface area contributed by atoms with E-state index in [9.17, 15) is 9.90 Å². The fourth-order valence-electron chi connectivity index (χ4n) is 2.32. The maximum Gasteiger partial charge on any atom is 0.231 e. The molecule has 0 aliphatic carbocycles. The van der Waals surface area contributed by atoms with Gasteiger partial charge in [-0.05, 0) is 30.2 Å². The maximum atomic E-state index is 12.2. The average Bonchev–Trinajstić information content (AvgIpc) is 2.47. The van der Waals surface area contributed by atoms with Crippen LogP contribution >= 0.6 is 0 Å². The molecule has 1 amide bonds. The lowest BCUT2D eigenvalue weighted by Crippen LogP contribution is -2.32. The summed E-state index contributed by atoms with van der Waals surface area (Å²) in [5.74, 6) is 0.680. The lowest BCUT2D eigenvalue weighted by Gasteiger charge is -2.24. The van der Waals surface area contributed by atoms with Gasteiger partial charge < -0.3 is 15.2 Å². The van der Waals surface area contributed by atoms with E-state index in [1.165, 1.54) is 6.07 Å². The van der Waals surface area contributed by atoms with Crippen LogP contribution in [0.25, 0.3) is 0 Å². The molecule has 0 saturated heterocycles. The molecule has 102 valence electrons. The smallest absolute Gasteiger partial charge is 0.231 e. The number of amides is 1. The summed E-state index contributed by atoms with van der Waals surface area (Å²) >= 11 is 0. The molecular weight excluding hydrogens is 254 g/mol. The van der Waals surface area contributed by atoms with E-state index in [-0.39, 0.29) is 17.6 Å². The number of fused-ring (bicyclic) bond motifs is 1. The van der Waals surface area contributed by atoms with E-state index < -0.39 is 0 Å². The van der Waals surface area contributed by atoms with Crippen molar-refractivity contribution in [2.75, 3.05) is 11.9 Å². The first-order chi connectivity index (χ1) is 9.72. The number of nitrogens with one attached hydrogen (secondary N) is 1. The van der Waals surface area contributed by atoms with Crippen molar-refractivity contribution in [3.63, 3.8) is 0 Å². The van der Waals surface area contributed by atoms with Gasteiger partial charge in [0, 0.05) is 11.8 Å². The van der Waals surface area contributed by atoms with Gasteiger partial charge in [-0.3, -0.25) is 4.79 Å². The topological polar surface area (TPSA) is 58.6 Å². The summed E-state index contributed by atoms with van der Waals surface area (Å²) in [5.41, 5.74) is 1.64. The number of carbonyl (C=O) groups excluding carboxylic acids is 1. The van der Waals surface area contributed by atoms with Crippen LogP contribution in [0.5, 0.6) is 11.5 Å². The van der Waals surface area contributed by atoms with Crippen LogP contribution in [0.2, 0.25) is 0 Å². The zero-order chi connectivity index (χ0) is 13.9. The molecule has 3 rings (SSSR count). The summed E-state index contributed by atoms with van der Waals surface area (Å²) < 4.78 is 5.61. The largest absolute Gasteiger partial charge is 0.508 e. The fraction of sp³-hybridized carbons (Fsp3) is 0.188. The van der Waals surface area contributed by atoms with E-state index >= 15 is 0 Å². The van der Waals surface area contributed by atoms with Gasteiger partial charge in [-0.25, -0.2) is 0 Å². The third-order valence-corrected chi connectivity index (χ3v) is 3.36. The summed E-state index contributed by atoms with van der Waals surface area (Å²) in [7, 11) is 0. The Balaban J connectivity index is 1.70. The lowest BCUT2D eigenvalue weighted by molar-refractivity contribution is -0.121. The number of hydrogen-bond donors (Lipinski definition) is 2. The Morgan fingerprint density at radius 2 is 2.05 bits per heavy atom. The van der Waals surface area contributed by atoms with Crippen molar-refractivity contribution >= 4 is 11.6 Å². The minimum Gasteiger partial charge on any atom is -0.508 e. The first kappa shape index (κ1) is 12.5. The average molecular weight is 269 g/mol. The Bertz CT molecular complexity index is 639. The van der Waals surface area contributed by atoms with Crippen LogP contribution in [0.3, 0.4) is 0 Å². The van der Waals surface area contributed by atoms with Gasteiger partial charge in [0.2, 0.25) is 5.91 Å². The third kappa shape index (κ3) is 2.59. The highest BCUT2D eigenvalue weighted by molar-refractivity contribution is 5.93. The van der Waals surface area contributed by atoms with Crippen molar-refractivity contribution in [2.24, 2.45) is 5.92 Å². The normalized spacial score (nSPS) is 16.9. The molecule has 1 aliphatic heterocycles. The quantitative estimate of drug-likeness (QED) is 0.881. The second-order valence-corrected chi connectivity index (χ2v) is 4.86. The van der Waals surface area contributed by atoms with Crippen molar-refractivity contribution in [2.45, 2.75) is 6.42 Å². The van der Waals surface area contributed by atoms with E-state index in [1.54, 1.807) is 18.2 Å². The van der Waals surface area contributed by atoms with Gasteiger partial charge in [-0.15, -0.1) is 0 Å². The van der Waals surface area contributed by atoms with Crippen molar-refractivity contribution in [3.05, 3.63) is 54.1 Å². The molecule has 0 bridgehead atoms. The minimum absolute atomic E-state index is 0.0925. The Kier molecular flexibility index (Phi) is 3.29. The van der Waals surface area contributed by atoms with Crippen LogP contribution in [0.15, 0.2) is 48.5 Å². The maximum absolute atomic E-state index is 12.2. The fourth-order valence-corrected chi connectivity index (χ4v) is 2.32. The van der Waals surface area contributed by atoms with Crippen LogP contribution in [-0.4, -0.2) is 17.6 Å². The third-order valence-electron chi connectivity index (χ3n) is 3.36. The Hall–Kier alpha value is -2.49. The molecule has 0 aromatic heterocycles. The highest BCUT2D eigenvalue weighted by Crippen LogP contribution is 2.27. The molecule has 2 aromatic carbocycles. The van der Waals surface area contributed by atoms with E-state index in [1.807, 2.05) is 24.3 Å². The molecule has 1 atom stereocenters. The van der Waals surface area contributed by atoms with Gasteiger partial charge in [0.1, 0.15) is 18.1 Å². The van der Waals surface area contributed by atoms with E-state index in [0.29, 0.717) is 18.7 Å². The Labute approximate surface area is 117 Å². The number of anilines is 1. The molecule has 1 unspecified atom stereocenters. The molecule has 0 fully saturated rings. The number of ether oxygens (including phenoxy) is 1. The van der Waals surface area contributed by atoms with E-state index in [4.69, 9.17) is 4.74 Å². The molecule has 4 nitrogen and oxygen atoms in total. The van der Waals surface area contributed by atoms with Crippen LogP contribution in [-0.2, 0) is 11.2 Å². The Morgan fingerprint density at radius 3 is 2.90 bits per heavy atom. The van der Waals surface area contributed by atoms with E-state index in [0.717, 1.165) is 11.3 Å². The van der Waals surface area contributed by atoms with Crippen molar-refractivity contribution in [3.8, 4) is 11.5 Å². The first-order valence-electron chi connectivity index (χ1n) is 6.53. The molecule has 0 saturated carbocycles. The number of para-hydroxylation sites is 1.